The van der Waals surface area contributed by atoms with E-state index in [4.69, 9.17) is 9.47 Å². The molecule has 6 heteroatoms. The Morgan fingerprint density at radius 1 is 0.862 bits per heavy atom. The lowest BCUT2D eigenvalue weighted by Crippen LogP contribution is -2.42. The summed E-state index contributed by atoms with van der Waals surface area (Å²) in [5.74, 6) is 0.560. The summed E-state index contributed by atoms with van der Waals surface area (Å²) in [5.41, 5.74) is 7.31. The highest BCUT2D eigenvalue weighted by Gasteiger charge is 2.15. The molecule has 0 saturated heterocycles. The zero-order valence-electron chi connectivity index (χ0n) is 17.8. The second-order valence-corrected chi connectivity index (χ2v) is 7.65. The molecule has 0 bridgehead atoms. The lowest BCUT2D eigenvalue weighted by molar-refractivity contribution is -0.121. The topological polar surface area (TPSA) is 76.7 Å². The number of carbonyl (C=O) groups excluding carboxylic acids is 2. The Balaban J connectivity index is 1.94. The number of rotatable bonds is 7. The summed E-state index contributed by atoms with van der Waals surface area (Å²) >= 11 is 0. The fraction of sp³-hybridized carbons (Fsp3) is 0.391. The van der Waals surface area contributed by atoms with E-state index in [0.717, 1.165) is 11.1 Å². The van der Waals surface area contributed by atoms with Gasteiger partial charge in [0.05, 0.1) is 19.6 Å². The number of hydrogen-bond donors (Lipinski definition) is 2. The van der Waals surface area contributed by atoms with Crippen molar-refractivity contribution in [2.45, 2.75) is 46.5 Å². The van der Waals surface area contributed by atoms with Gasteiger partial charge in [-0.3, -0.25) is 20.4 Å². The molecule has 0 saturated carbocycles. The summed E-state index contributed by atoms with van der Waals surface area (Å²) in [5, 5.41) is 0. The first-order valence-electron chi connectivity index (χ1n) is 9.82. The molecule has 0 unspecified atom stereocenters. The first-order valence-corrected chi connectivity index (χ1v) is 9.82. The van der Waals surface area contributed by atoms with Crippen molar-refractivity contribution in [1.29, 1.82) is 0 Å². The van der Waals surface area contributed by atoms with Crippen LogP contribution in [0.15, 0.2) is 42.5 Å². The average molecular weight is 399 g/mol. The van der Waals surface area contributed by atoms with E-state index < -0.39 is 0 Å². The second kappa shape index (κ2) is 9.96. The van der Waals surface area contributed by atoms with Crippen LogP contribution in [0.2, 0.25) is 0 Å². The van der Waals surface area contributed by atoms with Crippen molar-refractivity contribution in [1.82, 2.24) is 10.9 Å². The van der Waals surface area contributed by atoms with Crippen LogP contribution in [-0.4, -0.2) is 25.0 Å². The van der Waals surface area contributed by atoms with E-state index in [9.17, 15) is 9.59 Å². The second-order valence-electron chi connectivity index (χ2n) is 7.65. The van der Waals surface area contributed by atoms with Crippen LogP contribution in [0.3, 0.4) is 0 Å². The summed E-state index contributed by atoms with van der Waals surface area (Å²) < 4.78 is 11.1. The maximum absolute atomic E-state index is 12.3. The molecular weight excluding hydrogens is 368 g/mol. The minimum absolute atomic E-state index is 0.0152. The molecule has 0 aliphatic heterocycles. The van der Waals surface area contributed by atoms with Crippen molar-refractivity contribution in [3.8, 4) is 11.5 Å². The van der Waals surface area contributed by atoms with Crippen molar-refractivity contribution < 1.29 is 19.1 Å². The van der Waals surface area contributed by atoms with Crippen LogP contribution in [0.4, 0.5) is 0 Å². The van der Waals surface area contributed by atoms with Crippen molar-refractivity contribution in [2.24, 2.45) is 0 Å². The number of benzene rings is 2. The quantitative estimate of drug-likeness (QED) is 0.696. The molecule has 156 valence electrons. The van der Waals surface area contributed by atoms with Gasteiger partial charge in [0, 0.05) is 5.56 Å². The highest BCUT2D eigenvalue weighted by Crippen LogP contribution is 2.28. The third-order valence-corrected chi connectivity index (χ3v) is 4.30. The predicted octanol–water partition coefficient (Wildman–Crippen LogP) is 3.79. The van der Waals surface area contributed by atoms with Crippen LogP contribution in [0, 0.1) is 0 Å². The Morgan fingerprint density at radius 2 is 1.48 bits per heavy atom. The minimum Gasteiger partial charge on any atom is -0.490 e. The molecule has 0 spiro atoms. The lowest BCUT2D eigenvalue weighted by atomic mass is 9.87. The highest BCUT2D eigenvalue weighted by molar-refractivity contribution is 5.95. The molecule has 0 atom stereocenters. The molecule has 2 N–H and O–H groups in total. The van der Waals surface area contributed by atoms with Crippen molar-refractivity contribution in [2.75, 3.05) is 13.2 Å². The van der Waals surface area contributed by atoms with Gasteiger partial charge in [0.25, 0.3) is 5.91 Å². The summed E-state index contributed by atoms with van der Waals surface area (Å²) in [6.07, 6.45) is 0.107. The normalized spacial score (nSPS) is 10.9. The van der Waals surface area contributed by atoms with E-state index in [1.807, 2.05) is 26.0 Å². The molecule has 0 radical (unpaired) electrons. The molecule has 2 amide bonds. The fourth-order valence-electron chi connectivity index (χ4n) is 2.76. The van der Waals surface area contributed by atoms with Crippen LogP contribution in [-0.2, 0) is 16.6 Å². The maximum atomic E-state index is 12.3. The standard InChI is InChI=1S/C23H30N2O4/c1-6-28-19-13-8-16(14-20(19)29-7-2)15-21(26)24-25-22(27)17-9-11-18(12-10-17)23(3,4)5/h8-14H,6-7,15H2,1-5H3,(H,24,26)(H,25,27). The van der Waals surface area contributed by atoms with E-state index in [0.29, 0.717) is 30.3 Å². The Kier molecular flexibility index (Phi) is 7.65. The molecule has 2 aromatic carbocycles. The molecule has 0 aliphatic carbocycles. The van der Waals surface area contributed by atoms with Gasteiger partial charge in [-0.1, -0.05) is 39.0 Å². The van der Waals surface area contributed by atoms with E-state index >= 15 is 0 Å². The van der Waals surface area contributed by atoms with E-state index in [1.165, 1.54) is 0 Å². The van der Waals surface area contributed by atoms with Crippen molar-refractivity contribution >= 4 is 11.8 Å². The third kappa shape index (κ3) is 6.52. The zero-order chi connectivity index (χ0) is 21.4. The van der Waals surface area contributed by atoms with Gasteiger partial charge in [-0.15, -0.1) is 0 Å². The van der Waals surface area contributed by atoms with E-state index in [-0.39, 0.29) is 23.7 Å². The Labute approximate surface area is 172 Å². The van der Waals surface area contributed by atoms with Crippen LogP contribution in [0.1, 0.15) is 56.1 Å². The average Bonchev–Trinajstić information content (AvgIpc) is 2.68. The highest BCUT2D eigenvalue weighted by atomic mass is 16.5. The Hall–Kier alpha value is -3.02. The predicted molar refractivity (Wildman–Crippen MR) is 113 cm³/mol. The van der Waals surface area contributed by atoms with Gasteiger partial charge >= 0.3 is 0 Å². The molecule has 6 nitrogen and oxygen atoms in total. The van der Waals surface area contributed by atoms with Crippen LogP contribution < -0.4 is 20.3 Å². The molecule has 2 aromatic rings. The molecular formula is C23H30N2O4. The smallest absolute Gasteiger partial charge is 0.269 e. The van der Waals surface area contributed by atoms with Gasteiger partial charge in [0.1, 0.15) is 0 Å². The monoisotopic (exact) mass is 398 g/mol. The van der Waals surface area contributed by atoms with Crippen LogP contribution in [0.25, 0.3) is 0 Å². The number of hydrazine groups is 1. The number of ether oxygens (including phenoxy) is 2. The lowest BCUT2D eigenvalue weighted by Gasteiger charge is -2.19. The van der Waals surface area contributed by atoms with Gasteiger partial charge in [0.2, 0.25) is 5.91 Å². The van der Waals surface area contributed by atoms with Gasteiger partial charge < -0.3 is 9.47 Å². The summed E-state index contributed by atoms with van der Waals surface area (Å²) in [6, 6.07) is 12.7. The minimum atomic E-state index is -0.361. The summed E-state index contributed by atoms with van der Waals surface area (Å²) in [7, 11) is 0. The number of amides is 2. The van der Waals surface area contributed by atoms with Crippen LogP contribution in [0.5, 0.6) is 11.5 Å². The third-order valence-electron chi connectivity index (χ3n) is 4.30. The first-order chi connectivity index (χ1) is 13.7. The van der Waals surface area contributed by atoms with Crippen molar-refractivity contribution in [3.05, 3.63) is 59.2 Å². The SMILES string of the molecule is CCOc1ccc(CC(=O)NNC(=O)c2ccc(C(C)(C)C)cc2)cc1OCC. The molecule has 0 aromatic heterocycles. The van der Waals surface area contributed by atoms with Crippen LogP contribution >= 0.6 is 0 Å². The largest absolute Gasteiger partial charge is 0.490 e. The van der Waals surface area contributed by atoms with Gasteiger partial charge in [-0.2, -0.15) is 0 Å². The summed E-state index contributed by atoms with van der Waals surface area (Å²) in [4.78, 5) is 24.5. The van der Waals surface area contributed by atoms with Crippen molar-refractivity contribution in [3.63, 3.8) is 0 Å². The first kappa shape index (κ1) is 22.3. The Bertz CT molecular complexity index is 839. The van der Waals surface area contributed by atoms with Gasteiger partial charge in [0.15, 0.2) is 11.5 Å². The molecule has 2 rings (SSSR count). The fourth-order valence-corrected chi connectivity index (χ4v) is 2.76. The zero-order valence-corrected chi connectivity index (χ0v) is 17.8. The van der Waals surface area contributed by atoms with Gasteiger partial charge in [-0.25, -0.2) is 0 Å². The van der Waals surface area contributed by atoms with E-state index in [2.05, 4.69) is 31.6 Å². The molecule has 0 fully saturated rings. The number of hydrogen-bond acceptors (Lipinski definition) is 4. The molecule has 0 heterocycles. The van der Waals surface area contributed by atoms with E-state index in [1.54, 1.807) is 30.3 Å². The number of nitrogens with one attached hydrogen (secondary N) is 2. The maximum Gasteiger partial charge on any atom is 0.269 e. The number of carbonyl (C=O) groups is 2. The molecule has 29 heavy (non-hydrogen) atoms. The molecule has 0 aliphatic rings. The summed E-state index contributed by atoms with van der Waals surface area (Å²) in [6.45, 7) is 11.2. The van der Waals surface area contributed by atoms with Gasteiger partial charge in [-0.05, 0) is 54.7 Å². The Morgan fingerprint density at radius 3 is 2.07 bits per heavy atom.